The van der Waals surface area contributed by atoms with E-state index in [1.54, 1.807) is 11.8 Å². The van der Waals surface area contributed by atoms with Gasteiger partial charge in [0.2, 0.25) is 11.8 Å². The summed E-state index contributed by atoms with van der Waals surface area (Å²) in [5.41, 5.74) is -0.711. The maximum atomic E-state index is 12.9. The molecular weight excluding hydrogens is 272 g/mol. The van der Waals surface area contributed by atoms with Crippen molar-refractivity contribution in [2.24, 2.45) is 0 Å². The topological polar surface area (TPSA) is 49.4 Å². The van der Waals surface area contributed by atoms with E-state index in [-0.39, 0.29) is 22.6 Å². The molecule has 20 heavy (non-hydrogen) atoms. The molecule has 1 rings (SSSR count). The molecule has 0 aromatic rings. The maximum Gasteiger partial charge on any atom is 0.249 e. The Labute approximate surface area is 127 Å². The molecule has 4 nitrogen and oxygen atoms in total. The molecule has 0 aromatic carbocycles. The average molecular weight is 300 g/mol. The first kappa shape index (κ1) is 17.3. The van der Waals surface area contributed by atoms with E-state index in [2.05, 4.69) is 19.2 Å². The van der Waals surface area contributed by atoms with Crippen molar-refractivity contribution >= 4 is 23.6 Å². The van der Waals surface area contributed by atoms with E-state index in [0.717, 1.165) is 0 Å². The van der Waals surface area contributed by atoms with Gasteiger partial charge < -0.3 is 10.2 Å². The molecule has 2 amide bonds. The van der Waals surface area contributed by atoms with Gasteiger partial charge in [-0.05, 0) is 39.4 Å². The van der Waals surface area contributed by atoms with Crippen molar-refractivity contribution in [3.05, 3.63) is 0 Å². The Morgan fingerprint density at radius 1 is 1.25 bits per heavy atom. The van der Waals surface area contributed by atoms with Crippen molar-refractivity contribution in [2.45, 2.75) is 70.2 Å². The summed E-state index contributed by atoms with van der Waals surface area (Å²) in [5.74, 6) is 0.0729. The van der Waals surface area contributed by atoms with Crippen LogP contribution in [0.15, 0.2) is 0 Å². The highest BCUT2D eigenvalue weighted by Crippen LogP contribution is 2.30. The molecule has 116 valence electrons. The first-order chi connectivity index (χ1) is 9.26. The molecule has 5 heteroatoms. The van der Waals surface area contributed by atoms with Crippen molar-refractivity contribution in [3.63, 3.8) is 0 Å². The van der Waals surface area contributed by atoms with Crippen LogP contribution in [0, 0.1) is 0 Å². The summed E-state index contributed by atoms with van der Waals surface area (Å²) in [4.78, 5) is 27.1. The smallest absolute Gasteiger partial charge is 0.249 e. The summed E-state index contributed by atoms with van der Waals surface area (Å²) in [6.45, 7) is 10.7. The minimum atomic E-state index is -0.711. The first-order valence-corrected chi connectivity index (χ1v) is 8.67. The maximum absolute atomic E-state index is 12.9. The van der Waals surface area contributed by atoms with Gasteiger partial charge in [-0.2, -0.15) is 11.8 Å². The third-order valence-corrected chi connectivity index (χ3v) is 5.64. The van der Waals surface area contributed by atoms with Gasteiger partial charge in [0.05, 0.1) is 0 Å². The van der Waals surface area contributed by atoms with Crippen LogP contribution >= 0.6 is 11.8 Å². The SMILES string of the molecule is CCC1C(=O)NC(CC)(CC)C(=O)N1CC(C)(C)SC. The Balaban J connectivity index is 3.13. The van der Waals surface area contributed by atoms with Crippen molar-refractivity contribution < 1.29 is 9.59 Å². The van der Waals surface area contributed by atoms with Crippen LogP contribution in [0.3, 0.4) is 0 Å². The summed E-state index contributed by atoms with van der Waals surface area (Å²) < 4.78 is -0.0477. The van der Waals surface area contributed by atoms with Crippen LogP contribution in [0.1, 0.15) is 53.9 Å². The van der Waals surface area contributed by atoms with Crippen molar-refractivity contribution in [2.75, 3.05) is 12.8 Å². The number of hydrogen-bond acceptors (Lipinski definition) is 3. The molecule has 1 aliphatic rings. The predicted octanol–water partition coefficient (Wildman–Crippen LogP) is 2.42. The fraction of sp³-hybridized carbons (Fsp3) is 0.867. The van der Waals surface area contributed by atoms with Gasteiger partial charge in [0.25, 0.3) is 0 Å². The molecule has 0 bridgehead atoms. The van der Waals surface area contributed by atoms with E-state index in [0.29, 0.717) is 25.8 Å². The molecule has 1 fully saturated rings. The zero-order valence-electron chi connectivity index (χ0n) is 13.6. The molecule has 1 N–H and O–H groups in total. The Kier molecular flexibility index (Phi) is 5.53. The molecule has 1 aliphatic heterocycles. The van der Waals surface area contributed by atoms with Crippen LogP contribution in [0.4, 0.5) is 0 Å². The summed E-state index contributed by atoms with van der Waals surface area (Å²) in [5, 5.41) is 2.98. The zero-order chi connectivity index (χ0) is 15.6. The van der Waals surface area contributed by atoms with Gasteiger partial charge >= 0.3 is 0 Å². The third kappa shape index (κ3) is 3.13. The second-order valence-corrected chi connectivity index (χ2v) is 7.61. The van der Waals surface area contributed by atoms with Crippen molar-refractivity contribution in [3.8, 4) is 0 Å². The zero-order valence-corrected chi connectivity index (χ0v) is 14.4. The van der Waals surface area contributed by atoms with E-state index in [4.69, 9.17) is 0 Å². The number of nitrogens with zero attached hydrogens (tertiary/aromatic N) is 1. The monoisotopic (exact) mass is 300 g/mol. The Hall–Kier alpha value is -0.710. The standard InChI is InChI=1S/C15H28N2O2S/c1-7-11-12(18)16-15(8-2,9-3)13(19)17(11)10-14(4,5)20-6/h11H,7-10H2,1-6H3,(H,16,18). The second-order valence-electron chi connectivity index (χ2n) is 6.10. The van der Waals surface area contributed by atoms with E-state index < -0.39 is 5.54 Å². The lowest BCUT2D eigenvalue weighted by Gasteiger charge is -2.47. The van der Waals surface area contributed by atoms with Crippen LogP contribution in [0.25, 0.3) is 0 Å². The van der Waals surface area contributed by atoms with Gasteiger partial charge in [0, 0.05) is 11.3 Å². The van der Waals surface area contributed by atoms with Gasteiger partial charge in [-0.25, -0.2) is 0 Å². The normalized spacial score (nSPS) is 22.9. The molecule has 0 radical (unpaired) electrons. The van der Waals surface area contributed by atoms with E-state index in [1.165, 1.54) is 0 Å². The quantitative estimate of drug-likeness (QED) is 0.819. The van der Waals surface area contributed by atoms with Gasteiger partial charge in [-0.15, -0.1) is 0 Å². The number of amides is 2. The van der Waals surface area contributed by atoms with E-state index in [9.17, 15) is 9.59 Å². The van der Waals surface area contributed by atoms with Crippen LogP contribution in [-0.4, -0.2) is 45.8 Å². The largest absolute Gasteiger partial charge is 0.340 e. The Morgan fingerprint density at radius 3 is 2.20 bits per heavy atom. The van der Waals surface area contributed by atoms with Crippen LogP contribution in [0.2, 0.25) is 0 Å². The molecule has 1 heterocycles. The van der Waals surface area contributed by atoms with Crippen LogP contribution in [0.5, 0.6) is 0 Å². The lowest BCUT2D eigenvalue weighted by Crippen LogP contribution is -2.71. The summed E-state index contributed by atoms with van der Waals surface area (Å²) in [6, 6.07) is -0.333. The highest BCUT2D eigenvalue weighted by Gasteiger charge is 2.49. The molecule has 0 saturated carbocycles. The van der Waals surface area contributed by atoms with Crippen molar-refractivity contribution in [1.82, 2.24) is 10.2 Å². The van der Waals surface area contributed by atoms with Gasteiger partial charge in [0.1, 0.15) is 11.6 Å². The molecular formula is C15H28N2O2S. The number of hydrogen-bond donors (Lipinski definition) is 1. The molecule has 1 saturated heterocycles. The highest BCUT2D eigenvalue weighted by atomic mass is 32.2. The minimum Gasteiger partial charge on any atom is -0.340 e. The number of carbonyl (C=O) groups excluding carboxylic acids is 2. The van der Waals surface area contributed by atoms with Crippen molar-refractivity contribution in [1.29, 1.82) is 0 Å². The second kappa shape index (κ2) is 6.37. The molecule has 0 spiro atoms. The van der Waals surface area contributed by atoms with Crippen LogP contribution < -0.4 is 5.32 Å². The average Bonchev–Trinajstić information content (AvgIpc) is 2.42. The highest BCUT2D eigenvalue weighted by molar-refractivity contribution is 7.99. The summed E-state index contributed by atoms with van der Waals surface area (Å²) in [7, 11) is 0. The Bertz CT molecular complexity index is 378. The number of rotatable bonds is 6. The van der Waals surface area contributed by atoms with Gasteiger partial charge in [-0.3, -0.25) is 9.59 Å². The number of nitrogens with one attached hydrogen (secondary N) is 1. The third-order valence-electron chi connectivity index (χ3n) is 4.41. The molecule has 1 atom stereocenters. The van der Waals surface area contributed by atoms with E-state index >= 15 is 0 Å². The molecule has 0 aromatic heterocycles. The Morgan fingerprint density at radius 2 is 1.80 bits per heavy atom. The fourth-order valence-corrected chi connectivity index (χ4v) is 2.99. The molecule has 0 aliphatic carbocycles. The predicted molar refractivity (Wildman–Crippen MR) is 84.8 cm³/mol. The summed E-state index contributed by atoms with van der Waals surface area (Å²) in [6.07, 6.45) is 3.98. The number of piperazine rings is 1. The lowest BCUT2D eigenvalue weighted by atomic mass is 9.86. The number of thioether (sulfide) groups is 1. The van der Waals surface area contributed by atoms with Gasteiger partial charge in [-0.1, -0.05) is 20.8 Å². The fourth-order valence-electron chi connectivity index (χ4n) is 2.72. The molecule has 1 unspecified atom stereocenters. The minimum absolute atomic E-state index is 0.00676. The first-order valence-electron chi connectivity index (χ1n) is 7.45. The van der Waals surface area contributed by atoms with Crippen LogP contribution in [-0.2, 0) is 9.59 Å². The van der Waals surface area contributed by atoms with Gasteiger partial charge in [0.15, 0.2) is 0 Å². The van der Waals surface area contributed by atoms with E-state index in [1.807, 2.05) is 31.9 Å². The summed E-state index contributed by atoms with van der Waals surface area (Å²) >= 11 is 1.73. The lowest BCUT2D eigenvalue weighted by molar-refractivity contribution is -0.156. The number of carbonyl (C=O) groups is 2.